The summed E-state index contributed by atoms with van der Waals surface area (Å²) in [4.78, 5) is 95.6. The first-order valence-electron chi connectivity index (χ1n) is 47.9. The fourth-order valence-electron chi connectivity index (χ4n) is 17.2. The number of hydrogen-bond donors (Lipinski definition) is 8. The molecule has 39 nitrogen and oxygen atoms in total. The fraction of sp³-hybridized carbons (Fsp3) is 0.510. The SMILES string of the molecule is CC(=O)NCC(F)(F)F.CC(C)(C)OC(=O)N1C2C=C(B3OC(C)(C)C(C)(C)O3)CC1CC2.Cc1cnc(Cl)nc1Cl.Cc1cnc(Nc2cnn(C)c2)nc1C1=CC2CCC(C1)N2.Cc1cnc(Nc2cnn(C)c2)nc1C1=CC2CCC(C1)N2C(=O)NCC(F)(F)F.Cc1cnc(Nc2cnn(C)c2)nc1C1=CC2CCC(C1)N2C(=O)OC(C)(C)C.Cc1cnc(Nc2cnn(C)c2)nc1Cl.Cn1cc(N)cn1.[Cl][Zn][Cl].[HH].[HH].[HH].[HH].[HH].[HH].[HH]. The number of amides is 5. The second-order valence-corrected chi connectivity index (χ2v) is 45.4. The van der Waals surface area contributed by atoms with Crippen LogP contribution in [0.2, 0.25) is 15.6 Å². The molecule has 5 saturated heterocycles. The minimum atomic E-state index is -4.43. The van der Waals surface area contributed by atoms with Gasteiger partial charge in [-0.3, -0.25) is 38.0 Å². The minimum absolute atomic E-state index is 0. The molecule has 5 fully saturated rings. The number of aryl methyl sites for hydroxylation is 10. The molecule has 9 N–H and O–H groups in total. The molecule has 10 aromatic rings. The molecule has 8 unspecified atom stereocenters. The summed E-state index contributed by atoms with van der Waals surface area (Å²) in [5.41, 5.74) is 19.9. The van der Waals surface area contributed by atoms with E-state index >= 15 is 0 Å². The van der Waals surface area contributed by atoms with E-state index in [0.29, 0.717) is 58.3 Å². The maximum Gasteiger partial charge on any atom is 0 e. The van der Waals surface area contributed by atoms with Crippen LogP contribution >= 0.6 is 54.2 Å². The van der Waals surface area contributed by atoms with Gasteiger partial charge in [-0.1, -0.05) is 47.5 Å². The van der Waals surface area contributed by atoms with E-state index in [1.54, 1.807) is 90.7 Å². The van der Waals surface area contributed by atoms with Crippen molar-refractivity contribution in [1.29, 1.82) is 0 Å². The quantitative estimate of drug-likeness (QED) is 0.0217. The second-order valence-electron chi connectivity index (χ2n) is 39.8. The fourth-order valence-corrected chi connectivity index (χ4v) is 17.6. The van der Waals surface area contributed by atoms with Gasteiger partial charge in [-0.2, -0.15) is 51.8 Å². The number of urea groups is 1. The standard InChI is InChI=1S/C21H28N6O2.C19H22F3N7O.C18H30BNO4.C16H20N6.C9H10ClN5.C5H4Cl2N2.C4H6F3NO.C4H7N3.2ClH.Zn.7H2/c1-13-10-22-19(24-15-11-23-26(5)12-15)25-18(13)14-8-16-6-7-17(9-14)27(16)20(28)29-21(2,3)4;1-11-7-23-17(26-13-8-25-28(2)9-13)27-16(11)12-5-14-3-4-15(6-12)29(14)18(30)24-10-19(20,21)22;1-16(2,3)22-15(21)20-13-8-9-14(20)11-12(10-13)19-23-17(4,5)18(6,7)24-19;1-10-7-17-16(20-14-8-18-22(2)9-14)21-15(10)11-5-12-3-4-13(6-11)19-12;1-6-3-11-9(14-8(6)10)13-7-4-12-15(2)5-7;1-3-2-8-5(7)9-4(3)6;1-3(9)8-2-4(5,6)7;1-7-3-4(5)2-6-7;;;;;;;;;;/h8,10-12,16-17H,6-7,9H2,1-5H3,(H,22,24,25);5,7-9,14-15H,3-4,6,10H2,1-2H3,(H,24,30)(H,23,26,27);10,13-14H,8-9,11H2,1-7H3;5,7-9,12-13,19H,3-4,6H2,1-2H3,(H,17,20,21);3-5H,1-2H3,(H,11,13,14);2H,1H3;2H2,1H3,(H,8,9);2-3H,5H2,1H3;2*1H;;7*1H/q;;;;;;;;;;+2;;;;;;;/p-2. The number of carbonyl (C=O) groups is 4. The largest absolute Gasteiger partial charge is 0 e. The third-order valence-electron chi connectivity index (χ3n) is 24.5. The summed E-state index contributed by atoms with van der Waals surface area (Å²) in [5.74, 6) is 1.40. The first kappa shape index (κ1) is 117. The van der Waals surface area contributed by atoms with E-state index < -0.39 is 63.7 Å². The number of nitrogens with zero attached hydrogens (tertiary/aromatic N) is 23. The van der Waals surface area contributed by atoms with Crippen LogP contribution in [0.5, 0.6) is 0 Å². The van der Waals surface area contributed by atoms with Gasteiger partial charge in [0, 0.05) is 155 Å². The van der Waals surface area contributed by atoms with Gasteiger partial charge in [-0.15, -0.1) is 0 Å². The number of hydrogen-bond acceptors (Lipinski definition) is 29. The molecule has 19 heterocycles. The van der Waals surface area contributed by atoms with Crippen molar-refractivity contribution in [3.63, 3.8) is 0 Å². The molecule has 8 atom stereocenters. The zero-order valence-corrected chi connectivity index (χ0v) is 93.3. The average Bonchev–Trinajstić information content (AvgIpc) is 1.59. The van der Waals surface area contributed by atoms with Gasteiger partial charge in [0.1, 0.15) is 34.6 Å². The van der Waals surface area contributed by atoms with Gasteiger partial charge < -0.3 is 66.6 Å². The number of fused-ring (bicyclic) bond motifs is 8. The Morgan fingerprint density at radius 2 is 0.818 bits per heavy atom. The monoisotopic (exact) mass is 2220 g/mol. The van der Waals surface area contributed by atoms with Crippen LogP contribution in [0.1, 0.15) is 208 Å². The van der Waals surface area contributed by atoms with Gasteiger partial charge in [-0.05, 0) is 231 Å². The molecule has 19 rings (SSSR count). The maximum absolute atomic E-state index is 12.7. The Hall–Kier alpha value is -11.7. The molecule has 0 saturated carbocycles. The Morgan fingerprint density at radius 3 is 1.14 bits per heavy atom. The summed E-state index contributed by atoms with van der Waals surface area (Å²) < 4.78 is 103. The molecule has 0 aliphatic carbocycles. The van der Waals surface area contributed by atoms with E-state index in [2.05, 4.69) is 145 Å². The topological polar surface area (TPSA) is 443 Å². The van der Waals surface area contributed by atoms with E-state index in [-0.39, 0.29) is 82.0 Å². The van der Waals surface area contributed by atoms with Crippen molar-refractivity contribution in [3.05, 3.63) is 183 Å². The molecule has 810 valence electrons. The third kappa shape index (κ3) is 34.4. The number of rotatable bonds is 14. The van der Waals surface area contributed by atoms with E-state index in [0.717, 1.165) is 138 Å². The van der Waals surface area contributed by atoms with Gasteiger partial charge in [0.25, 0.3) is 0 Å². The number of halogens is 11. The molecule has 148 heavy (non-hydrogen) atoms. The van der Waals surface area contributed by atoms with Crippen molar-refractivity contribution in [2.75, 3.05) is 40.1 Å². The van der Waals surface area contributed by atoms with Gasteiger partial charge in [-0.25, -0.2) is 64.2 Å². The molecule has 8 bridgehead atoms. The molecule has 5 amide bonds. The predicted molar refractivity (Wildman–Crippen MR) is 568 cm³/mol. The Morgan fingerprint density at radius 1 is 0.466 bits per heavy atom. The van der Waals surface area contributed by atoms with Crippen LogP contribution in [0.3, 0.4) is 0 Å². The van der Waals surface area contributed by atoms with Crippen LogP contribution in [0.4, 0.5) is 93.0 Å². The van der Waals surface area contributed by atoms with Crippen LogP contribution in [0, 0.1) is 34.6 Å². The zero-order valence-electron chi connectivity index (χ0n) is 86.6. The summed E-state index contributed by atoms with van der Waals surface area (Å²) in [5, 5.41) is 41.1. The summed E-state index contributed by atoms with van der Waals surface area (Å²) in [6.45, 7) is 27.8. The van der Waals surface area contributed by atoms with Gasteiger partial charge >= 0.3 is 72.2 Å². The zero-order chi connectivity index (χ0) is 108. The van der Waals surface area contributed by atoms with Crippen LogP contribution in [0.15, 0.2) is 123 Å². The first-order valence-corrected chi connectivity index (χ1v) is 56.8. The van der Waals surface area contributed by atoms with E-state index in [1.807, 2.05) is 157 Å². The smallest absolute Gasteiger partial charge is 0 e. The predicted octanol–water partition coefficient (Wildman–Crippen LogP) is 20.7. The summed E-state index contributed by atoms with van der Waals surface area (Å²) >= 11 is 15.9. The maximum atomic E-state index is 12.7. The van der Waals surface area contributed by atoms with Crippen molar-refractivity contribution < 1.29 is 89.4 Å². The van der Waals surface area contributed by atoms with Gasteiger partial charge in [0.2, 0.25) is 35.0 Å². The average molecular weight is 2220 g/mol. The Labute approximate surface area is 897 Å². The van der Waals surface area contributed by atoms with Crippen molar-refractivity contribution >= 4 is 154 Å². The Balaban J connectivity index is 0.000000378. The van der Waals surface area contributed by atoms with Crippen molar-refractivity contribution in [2.45, 2.75) is 271 Å². The van der Waals surface area contributed by atoms with Crippen molar-refractivity contribution in [2.24, 2.45) is 35.2 Å². The minimum Gasteiger partial charge on any atom is 0 e. The summed E-state index contributed by atoms with van der Waals surface area (Å²) in [7, 11) is 18.8. The molecule has 0 radical (unpaired) electrons. The van der Waals surface area contributed by atoms with Crippen LogP contribution < -0.4 is 43.0 Å². The van der Waals surface area contributed by atoms with E-state index in [1.165, 1.54) is 34.4 Å². The summed E-state index contributed by atoms with van der Waals surface area (Å²) in [6, 6.07) is 0.543. The number of ether oxygens (including phenoxy) is 2. The molecule has 9 aliphatic rings. The molecule has 0 spiro atoms. The molecule has 9 aliphatic heterocycles. The Bertz CT molecular complexity index is 6370. The first-order chi connectivity index (χ1) is 69.4. The van der Waals surface area contributed by atoms with Crippen molar-refractivity contribution in [1.82, 2.24) is 129 Å². The molecular weight excluding hydrogens is 2080 g/mol. The third-order valence-corrected chi connectivity index (χ3v) is 25.5. The van der Waals surface area contributed by atoms with Gasteiger partial charge in [0.05, 0.1) is 106 Å². The van der Waals surface area contributed by atoms with E-state index in [4.69, 9.17) is 88.7 Å². The number of alkyl halides is 6. The number of nitrogens with two attached hydrogens (primary N) is 1. The number of nitrogen functional groups attached to an aromatic ring is 1. The van der Waals surface area contributed by atoms with Crippen LogP contribution in [-0.4, -0.2) is 241 Å². The molecule has 52 heteroatoms. The van der Waals surface area contributed by atoms with Gasteiger partial charge in [0.15, 0.2) is 0 Å². The van der Waals surface area contributed by atoms with Crippen molar-refractivity contribution in [3.8, 4) is 0 Å². The number of carbonyl (C=O) groups excluding carboxylic acids is 4. The van der Waals surface area contributed by atoms with Crippen LogP contribution in [-0.2, 0) is 74.0 Å². The molecule has 10 aromatic heterocycles. The second kappa shape index (κ2) is 50.7. The normalized spacial score (nSPS) is 19.7. The molecular formula is C96H141BCl5F6N31O8Zn. The van der Waals surface area contributed by atoms with Crippen LogP contribution in [0.25, 0.3) is 16.7 Å². The number of aromatic nitrogens is 20. The van der Waals surface area contributed by atoms with E-state index in [9.17, 15) is 45.5 Å². The summed E-state index contributed by atoms with van der Waals surface area (Å²) in [6.07, 6.45) is 36.9. The number of anilines is 9. The number of nitrogens with one attached hydrogen (secondary N) is 7. The molecule has 0 aromatic carbocycles. The Kier molecular flexibility index (Phi) is 40.0.